The Labute approximate surface area is 113 Å². The van der Waals surface area contributed by atoms with Crippen LogP contribution in [0.15, 0.2) is 30.3 Å². The highest BCUT2D eigenvalue weighted by Gasteiger charge is 2.37. The second kappa shape index (κ2) is 5.31. The zero-order valence-electron chi connectivity index (χ0n) is 11.0. The second-order valence-corrected chi connectivity index (χ2v) is 5.48. The number of carbonyl (C=O) groups is 1. The highest BCUT2D eigenvalue weighted by atomic mass is 16.3. The van der Waals surface area contributed by atoms with Crippen LogP contribution >= 0.6 is 0 Å². The Morgan fingerprint density at radius 3 is 2.47 bits per heavy atom. The number of nitrogens with zero attached hydrogens (tertiary/aromatic N) is 1. The van der Waals surface area contributed by atoms with Crippen LogP contribution in [0.4, 0.5) is 0 Å². The molecule has 2 N–H and O–H groups in total. The maximum atomic E-state index is 12.5. The van der Waals surface area contributed by atoms with Crippen LogP contribution in [-0.4, -0.2) is 34.7 Å². The molecule has 1 atom stereocenters. The first-order valence-electron chi connectivity index (χ1n) is 7.02. The molecule has 0 spiro atoms. The molecule has 1 heterocycles. The third-order valence-electron chi connectivity index (χ3n) is 4.24. The molecular formula is C15H20N2O2. The summed E-state index contributed by atoms with van der Waals surface area (Å²) in [5.74, 6) is 0.174. The Balaban J connectivity index is 1.69. The molecule has 102 valence electrons. The van der Waals surface area contributed by atoms with Gasteiger partial charge in [-0.25, -0.2) is 0 Å². The van der Waals surface area contributed by atoms with E-state index in [0.29, 0.717) is 6.67 Å². The maximum Gasteiger partial charge on any atom is 0.245 e. The molecular weight excluding hydrogens is 240 g/mol. The summed E-state index contributed by atoms with van der Waals surface area (Å²) in [7, 11) is 0. The number of amides is 1. The lowest BCUT2D eigenvalue weighted by Gasteiger charge is -2.32. The van der Waals surface area contributed by atoms with Gasteiger partial charge in [0, 0.05) is 6.04 Å². The number of rotatable bonds is 2. The van der Waals surface area contributed by atoms with E-state index in [9.17, 15) is 9.90 Å². The van der Waals surface area contributed by atoms with Gasteiger partial charge in [-0.1, -0.05) is 30.3 Å². The van der Waals surface area contributed by atoms with Crippen molar-refractivity contribution in [3.05, 3.63) is 35.9 Å². The molecule has 1 aromatic rings. The summed E-state index contributed by atoms with van der Waals surface area (Å²) in [5.41, 5.74) is 1.03. The van der Waals surface area contributed by atoms with E-state index in [2.05, 4.69) is 5.32 Å². The SMILES string of the molecule is O=C1C(c2ccccc2)NCN1C1CCC(O)CC1. The van der Waals surface area contributed by atoms with Gasteiger partial charge in [0.25, 0.3) is 0 Å². The Morgan fingerprint density at radius 1 is 1.11 bits per heavy atom. The quantitative estimate of drug-likeness (QED) is 0.845. The molecule has 1 aliphatic carbocycles. The molecule has 1 amide bonds. The molecule has 2 aliphatic rings. The fourth-order valence-electron chi connectivity index (χ4n) is 3.11. The standard InChI is InChI=1S/C15H20N2O2/c18-13-8-6-12(7-9-13)17-10-16-14(15(17)19)11-4-2-1-3-5-11/h1-5,12-14,16,18H,6-10H2. The zero-order valence-corrected chi connectivity index (χ0v) is 11.0. The average molecular weight is 260 g/mol. The number of benzene rings is 1. The molecule has 1 unspecified atom stereocenters. The molecule has 19 heavy (non-hydrogen) atoms. The van der Waals surface area contributed by atoms with Crippen LogP contribution in [-0.2, 0) is 4.79 Å². The second-order valence-electron chi connectivity index (χ2n) is 5.48. The first kappa shape index (κ1) is 12.6. The van der Waals surface area contributed by atoms with E-state index < -0.39 is 0 Å². The van der Waals surface area contributed by atoms with Crippen LogP contribution in [0.3, 0.4) is 0 Å². The first-order chi connectivity index (χ1) is 9.25. The number of aliphatic hydroxyl groups is 1. The molecule has 4 heteroatoms. The normalized spacial score (nSPS) is 31.7. The zero-order chi connectivity index (χ0) is 13.2. The minimum atomic E-state index is -0.201. The molecule has 3 rings (SSSR count). The van der Waals surface area contributed by atoms with Gasteiger partial charge in [-0.2, -0.15) is 0 Å². The van der Waals surface area contributed by atoms with Gasteiger partial charge in [-0.15, -0.1) is 0 Å². The van der Waals surface area contributed by atoms with Gasteiger partial charge in [0.1, 0.15) is 6.04 Å². The third-order valence-corrected chi connectivity index (χ3v) is 4.24. The van der Waals surface area contributed by atoms with E-state index in [1.807, 2.05) is 35.2 Å². The van der Waals surface area contributed by atoms with Crippen LogP contribution < -0.4 is 5.32 Å². The van der Waals surface area contributed by atoms with E-state index >= 15 is 0 Å². The number of nitrogens with one attached hydrogen (secondary N) is 1. The molecule has 2 fully saturated rings. The Morgan fingerprint density at radius 2 is 1.79 bits per heavy atom. The summed E-state index contributed by atoms with van der Waals surface area (Å²) in [5, 5.41) is 12.8. The third kappa shape index (κ3) is 2.51. The summed E-state index contributed by atoms with van der Waals surface area (Å²) >= 11 is 0. The minimum absolute atomic E-state index is 0.174. The lowest BCUT2D eigenvalue weighted by Crippen LogP contribution is -2.40. The summed E-state index contributed by atoms with van der Waals surface area (Å²) < 4.78 is 0. The smallest absolute Gasteiger partial charge is 0.245 e. The van der Waals surface area contributed by atoms with Gasteiger partial charge in [0.05, 0.1) is 12.8 Å². The van der Waals surface area contributed by atoms with Crippen molar-refractivity contribution in [2.75, 3.05) is 6.67 Å². The largest absolute Gasteiger partial charge is 0.393 e. The van der Waals surface area contributed by atoms with Crippen LogP contribution in [0.2, 0.25) is 0 Å². The molecule has 0 bridgehead atoms. The fourth-order valence-corrected chi connectivity index (χ4v) is 3.11. The number of aliphatic hydroxyl groups excluding tert-OH is 1. The molecule has 1 aromatic carbocycles. The minimum Gasteiger partial charge on any atom is -0.393 e. The summed E-state index contributed by atoms with van der Waals surface area (Å²) in [6.07, 6.45) is 3.27. The van der Waals surface area contributed by atoms with Gasteiger partial charge in [-0.05, 0) is 31.2 Å². The van der Waals surface area contributed by atoms with Crippen LogP contribution in [0.25, 0.3) is 0 Å². The van der Waals surface area contributed by atoms with Crippen molar-refractivity contribution >= 4 is 5.91 Å². The molecule has 4 nitrogen and oxygen atoms in total. The van der Waals surface area contributed by atoms with Gasteiger partial charge < -0.3 is 10.0 Å². The lowest BCUT2D eigenvalue weighted by atomic mass is 9.92. The van der Waals surface area contributed by atoms with E-state index in [-0.39, 0.29) is 24.1 Å². The first-order valence-corrected chi connectivity index (χ1v) is 7.02. The molecule has 1 saturated carbocycles. The highest BCUT2D eigenvalue weighted by Crippen LogP contribution is 2.28. The van der Waals surface area contributed by atoms with Gasteiger partial charge in [0.15, 0.2) is 0 Å². The highest BCUT2D eigenvalue weighted by molar-refractivity contribution is 5.85. The van der Waals surface area contributed by atoms with Crippen molar-refractivity contribution in [1.29, 1.82) is 0 Å². The number of hydrogen-bond donors (Lipinski definition) is 2. The topological polar surface area (TPSA) is 52.6 Å². The van der Waals surface area contributed by atoms with Crippen molar-refractivity contribution in [3.63, 3.8) is 0 Å². The summed E-state index contributed by atoms with van der Waals surface area (Å²) in [6.45, 7) is 0.624. The van der Waals surface area contributed by atoms with Crippen molar-refractivity contribution < 1.29 is 9.90 Å². The van der Waals surface area contributed by atoms with E-state index in [0.717, 1.165) is 31.2 Å². The van der Waals surface area contributed by atoms with Crippen LogP contribution in [0.1, 0.15) is 37.3 Å². The van der Waals surface area contributed by atoms with E-state index in [1.54, 1.807) is 0 Å². The monoisotopic (exact) mass is 260 g/mol. The van der Waals surface area contributed by atoms with Gasteiger partial charge in [-0.3, -0.25) is 10.1 Å². The van der Waals surface area contributed by atoms with Gasteiger partial charge in [0.2, 0.25) is 5.91 Å². The summed E-state index contributed by atoms with van der Waals surface area (Å²) in [4.78, 5) is 14.4. The Hall–Kier alpha value is -1.39. The molecule has 1 saturated heterocycles. The molecule has 0 aromatic heterocycles. The maximum absolute atomic E-state index is 12.5. The molecule has 1 aliphatic heterocycles. The van der Waals surface area contributed by atoms with Crippen LogP contribution in [0.5, 0.6) is 0 Å². The predicted molar refractivity (Wildman–Crippen MR) is 72.3 cm³/mol. The van der Waals surface area contributed by atoms with Crippen LogP contribution in [0, 0.1) is 0 Å². The van der Waals surface area contributed by atoms with Crippen molar-refractivity contribution in [2.24, 2.45) is 0 Å². The van der Waals surface area contributed by atoms with Gasteiger partial charge >= 0.3 is 0 Å². The molecule has 0 radical (unpaired) electrons. The number of hydrogen-bond acceptors (Lipinski definition) is 3. The average Bonchev–Trinajstić information content (AvgIpc) is 2.83. The van der Waals surface area contributed by atoms with Crippen molar-refractivity contribution in [2.45, 2.75) is 43.9 Å². The summed E-state index contributed by atoms with van der Waals surface area (Å²) in [6, 6.07) is 9.95. The lowest BCUT2D eigenvalue weighted by molar-refractivity contribution is -0.131. The Kier molecular flexibility index (Phi) is 3.53. The van der Waals surface area contributed by atoms with E-state index in [4.69, 9.17) is 0 Å². The van der Waals surface area contributed by atoms with Crippen molar-refractivity contribution in [3.8, 4) is 0 Å². The van der Waals surface area contributed by atoms with E-state index in [1.165, 1.54) is 0 Å². The number of carbonyl (C=O) groups excluding carboxylic acids is 1. The fraction of sp³-hybridized carbons (Fsp3) is 0.533. The van der Waals surface area contributed by atoms with Crippen molar-refractivity contribution in [1.82, 2.24) is 10.2 Å². The Bertz CT molecular complexity index is 441. The predicted octanol–water partition coefficient (Wildman–Crippen LogP) is 1.42.